The van der Waals surface area contributed by atoms with Gasteiger partial charge in [-0.25, -0.2) is 4.98 Å². The quantitative estimate of drug-likeness (QED) is 0.188. The summed E-state index contributed by atoms with van der Waals surface area (Å²) in [6.45, 7) is 9.46. The Kier molecular flexibility index (Phi) is 6.88. The molecule has 0 saturated carbocycles. The van der Waals surface area contributed by atoms with Gasteiger partial charge in [0.05, 0.1) is 17.1 Å². The number of rotatable bonds is 5. The summed E-state index contributed by atoms with van der Waals surface area (Å²) < 4.78 is 2.39. The first kappa shape index (κ1) is 29.7. The van der Waals surface area contributed by atoms with Crippen LogP contribution in [-0.4, -0.2) is 15.6 Å². The zero-order chi connectivity index (χ0) is 33.3. The van der Waals surface area contributed by atoms with Crippen molar-refractivity contribution in [3.8, 4) is 5.69 Å². The molecule has 0 aliphatic heterocycles. The van der Waals surface area contributed by atoms with Gasteiger partial charge in [-0.05, 0) is 88.2 Å². The molecule has 0 N–H and O–H groups in total. The first-order valence-electron chi connectivity index (χ1n) is 17.6. The molecule has 4 atom stereocenters. The molecule has 240 valence electrons. The Morgan fingerprint density at radius 1 is 0.694 bits per heavy atom. The molecule has 0 bridgehead atoms. The number of hydrogen-bond acceptors (Lipinski definition) is 2. The van der Waals surface area contributed by atoms with Crippen molar-refractivity contribution >= 4 is 33.2 Å². The highest BCUT2D eigenvalue weighted by atomic mass is 15.2. The summed E-state index contributed by atoms with van der Waals surface area (Å²) in [5.74, 6) is 1.86. The first-order chi connectivity index (χ1) is 23.9. The van der Waals surface area contributed by atoms with Crippen LogP contribution in [0.4, 0.5) is 5.82 Å². The number of allylic oxidation sites excluding steroid dienone is 5. The van der Waals surface area contributed by atoms with E-state index in [0.717, 1.165) is 5.82 Å². The lowest BCUT2D eigenvalue weighted by Crippen LogP contribution is -2.40. The van der Waals surface area contributed by atoms with E-state index in [2.05, 4.69) is 177 Å². The van der Waals surface area contributed by atoms with Gasteiger partial charge in [-0.1, -0.05) is 125 Å². The van der Waals surface area contributed by atoms with Crippen molar-refractivity contribution in [2.24, 2.45) is 11.8 Å². The van der Waals surface area contributed by atoms with Crippen LogP contribution in [0.3, 0.4) is 0 Å². The highest BCUT2D eigenvalue weighted by molar-refractivity contribution is 6.09. The average molecular weight is 636 g/mol. The molecule has 4 unspecified atom stereocenters. The maximum atomic E-state index is 4.92. The Bertz CT molecular complexity index is 2350. The Labute approximate surface area is 289 Å². The third-order valence-electron chi connectivity index (χ3n) is 11.2. The summed E-state index contributed by atoms with van der Waals surface area (Å²) in [7, 11) is 0. The van der Waals surface area contributed by atoms with Crippen molar-refractivity contribution < 1.29 is 0 Å². The number of aromatic nitrogens is 2. The third kappa shape index (κ3) is 4.67. The molecule has 0 saturated heterocycles. The van der Waals surface area contributed by atoms with Gasteiger partial charge in [0, 0.05) is 39.7 Å². The predicted octanol–water partition coefficient (Wildman–Crippen LogP) is 11.2. The molecule has 2 aromatic heterocycles. The van der Waals surface area contributed by atoms with Crippen LogP contribution in [-0.2, 0) is 5.41 Å². The van der Waals surface area contributed by atoms with Crippen LogP contribution in [0, 0.1) is 11.8 Å². The van der Waals surface area contributed by atoms with Crippen molar-refractivity contribution in [1.82, 2.24) is 9.55 Å². The smallest absolute Gasteiger partial charge is 0.133 e. The number of anilines is 1. The molecule has 0 radical (unpaired) electrons. The van der Waals surface area contributed by atoms with E-state index >= 15 is 0 Å². The van der Waals surface area contributed by atoms with E-state index in [0.29, 0.717) is 11.8 Å². The zero-order valence-electron chi connectivity index (χ0n) is 28.6. The lowest BCUT2D eigenvalue weighted by Gasteiger charge is -2.40. The summed E-state index contributed by atoms with van der Waals surface area (Å²) >= 11 is 0. The molecular weight excluding hydrogens is 595 g/mol. The van der Waals surface area contributed by atoms with Crippen LogP contribution >= 0.6 is 0 Å². The molecule has 0 spiro atoms. The van der Waals surface area contributed by atoms with Gasteiger partial charge in [0.1, 0.15) is 5.82 Å². The van der Waals surface area contributed by atoms with E-state index in [1.165, 1.54) is 61.0 Å². The van der Waals surface area contributed by atoms with Crippen molar-refractivity contribution in [2.75, 3.05) is 4.90 Å². The van der Waals surface area contributed by atoms with Crippen LogP contribution in [0.1, 0.15) is 50.3 Å². The summed E-state index contributed by atoms with van der Waals surface area (Å²) in [6, 6.07) is 41.9. The van der Waals surface area contributed by atoms with Gasteiger partial charge in [-0.15, -0.1) is 0 Å². The molecule has 9 rings (SSSR count). The predicted molar refractivity (Wildman–Crippen MR) is 205 cm³/mol. The molecule has 3 heteroatoms. The van der Waals surface area contributed by atoms with Gasteiger partial charge in [0.2, 0.25) is 0 Å². The minimum atomic E-state index is -0.0476. The Balaban J connectivity index is 1.10. The van der Waals surface area contributed by atoms with Crippen LogP contribution in [0.15, 0.2) is 163 Å². The molecule has 3 aliphatic rings. The van der Waals surface area contributed by atoms with Crippen LogP contribution in [0.25, 0.3) is 33.1 Å². The van der Waals surface area contributed by atoms with E-state index in [9.17, 15) is 0 Å². The fraction of sp³-hybridized carbons (Fsp3) is 0.196. The Morgan fingerprint density at radius 3 is 2.27 bits per heavy atom. The highest BCUT2D eigenvalue weighted by Crippen LogP contribution is 2.53. The van der Waals surface area contributed by atoms with Gasteiger partial charge >= 0.3 is 0 Å². The van der Waals surface area contributed by atoms with Crippen LogP contribution < -0.4 is 4.90 Å². The molecule has 6 aromatic rings. The second-order valence-corrected chi connectivity index (χ2v) is 14.5. The lowest BCUT2D eigenvalue weighted by atomic mass is 9.77. The summed E-state index contributed by atoms with van der Waals surface area (Å²) in [4.78, 5) is 7.39. The number of para-hydroxylation sites is 2. The molecule has 3 nitrogen and oxygen atoms in total. The van der Waals surface area contributed by atoms with Gasteiger partial charge in [-0.2, -0.15) is 0 Å². The summed E-state index contributed by atoms with van der Waals surface area (Å²) in [5, 5.41) is 2.59. The standard InChI is InChI=1S/C46H41N3/c1-30-26-34(22-23-35(30)32-21-24-43-39(28-32)37-17-9-11-19-42(37)48(43)33-14-6-5-7-15-33)49(45-20-12-13-25-47-45)44-29-41-38(27-31(44)2)36-16-8-10-18-40(36)46(41,3)4/h5-31,35,44H,1-4H3. The maximum absolute atomic E-state index is 4.92. The average Bonchev–Trinajstić information content (AvgIpc) is 3.57. The van der Waals surface area contributed by atoms with Crippen molar-refractivity contribution in [2.45, 2.75) is 45.1 Å². The van der Waals surface area contributed by atoms with Crippen LogP contribution in [0.2, 0.25) is 0 Å². The van der Waals surface area contributed by atoms with Crippen LogP contribution in [0.5, 0.6) is 0 Å². The van der Waals surface area contributed by atoms with Gasteiger partial charge in [0.15, 0.2) is 0 Å². The Morgan fingerprint density at radius 2 is 1.45 bits per heavy atom. The first-order valence-corrected chi connectivity index (χ1v) is 17.6. The molecule has 0 amide bonds. The van der Waals surface area contributed by atoms with Crippen molar-refractivity contribution in [3.63, 3.8) is 0 Å². The Hall–Kier alpha value is -5.41. The number of nitrogens with zero attached hydrogens (tertiary/aromatic N) is 3. The number of pyridine rings is 1. The van der Waals surface area contributed by atoms with Gasteiger partial charge in [-0.3, -0.25) is 0 Å². The van der Waals surface area contributed by atoms with E-state index in [1.54, 1.807) is 0 Å². The van der Waals surface area contributed by atoms with Gasteiger partial charge in [0.25, 0.3) is 0 Å². The molecular formula is C46H41N3. The van der Waals surface area contributed by atoms with Gasteiger partial charge < -0.3 is 9.47 Å². The largest absolute Gasteiger partial charge is 0.319 e. The number of benzene rings is 4. The monoisotopic (exact) mass is 635 g/mol. The molecule has 3 aliphatic carbocycles. The SMILES string of the molecule is CC1C=C(N(c2ccccn2)C2C=C3C(=CC2C)c2ccccc2C3(C)C)C=CC1c1ccc2c(c1)c1ccccc1n2-c1ccccc1. The highest BCUT2D eigenvalue weighted by Gasteiger charge is 2.42. The van der Waals surface area contributed by atoms with E-state index in [1.807, 2.05) is 12.3 Å². The normalized spacial score (nSPS) is 22.3. The van der Waals surface area contributed by atoms with Crippen molar-refractivity contribution in [3.05, 3.63) is 180 Å². The van der Waals surface area contributed by atoms with E-state index in [4.69, 9.17) is 4.98 Å². The van der Waals surface area contributed by atoms with Crippen molar-refractivity contribution in [1.29, 1.82) is 0 Å². The topological polar surface area (TPSA) is 21.1 Å². The third-order valence-corrected chi connectivity index (χ3v) is 11.2. The molecule has 4 aromatic carbocycles. The zero-order valence-corrected chi connectivity index (χ0v) is 28.6. The molecule has 0 fully saturated rings. The fourth-order valence-corrected chi connectivity index (χ4v) is 8.75. The summed E-state index contributed by atoms with van der Waals surface area (Å²) in [6.07, 6.45) is 14.2. The molecule has 49 heavy (non-hydrogen) atoms. The van der Waals surface area contributed by atoms with E-state index in [-0.39, 0.29) is 17.4 Å². The summed E-state index contributed by atoms with van der Waals surface area (Å²) in [5.41, 5.74) is 11.8. The minimum absolute atomic E-state index is 0.0476. The second-order valence-electron chi connectivity index (χ2n) is 14.5. The number of hydrogen-bond donors (Lipinski definition) is 0. The second kappa shape index (κ2) is 11.3. The maximum Gasteiger partial charge on any atom is 0.133 e. The van der Waals surface area contributed by atoms with E-state index < -0.39 is 0 Å². The lowest BCUT2D eigenvalue weighted by molar-refractivity contribution is 0.563. The molecule has 2 heterocycles. The number of fused-ring (bicyclic) bond motifs is 6. The fourth-order valence-electron chi connectivity index (χ4n) is 8.75. The minimum Gasteiger partial charge on any atom is -0.319 e.